The monoisotopic (exact) mass is 242 g/mol. The van der Waals surface area contributed by atoms with Crippen LogP contribution in [0.4, 0.5) is 0 Å². The SMILES string of the molecule is O=C(O)c1cn2c(cc1=O)-c1ncccc1CC2. The molecule has 0 radical (unpaired) electrons. The van der Waals surface area contributed by atoms with Gasteiger partial charge in [-0.25, -0.2) is 4.79 Å². The van der Waals surface area contributed by atoms with Gasteiger partial charge in [0.25, 0.3) is 0 Å². The second kappa shape index (κ2) is 3.80. The molecule has 5 nitrogen and oxygen atoms in total. The molecule has 2 aromatic rings. The smallest absolute Gasteiger partial charge is 0.341 e. The van der Waals surface area contributed by atoms with Crippen molar-refractivity contribution in [3.05, 3.63) is 51.9 Å². The summed E-state index contributed by atoms with van der Waals surface area (Å²) in [6.07, 6.45) is 3.86. The molecule has 5 heteroatoms. The summed E-state index contributed by atoms with van der Waals surface area (Å²) in [6, 6.07) is 5.19. The molecule has 3 heterocycles. The van der Waals surface area contributed by atoms with Gasteiger partial charge in [0.15, 0.2) is 5.43 Å². The van der Waals surface area contributed by atoms with Crippen LogP contribution in [0.15, 0.2) is 35.4 Å². The van der Waals surface area contributed by atoms with Gasteiger partial charge in [0, 0.05) is 25.0 Å². The molecule has 0 fully saturated rings. The molecule has 90 valence electrons. The first-order chi connectivity index (χ1) is 8.66. The Bertz CT molecular complexity index is 704. The number of fused-ring (bicyclic) bond motifs is 3. The van der Waals surface area contributed by atoms with Crippen molar-refractivity contribution in [1.82, 2.24) is 9.55 Å². The van der Waals surface area contributed by atoms with E-state index < -0.39 is 11.4 Å². The van der Waals surface area contributed by atoms with E-state index in [1.54, 1.807) is 10.8 Å². The maximum atomic E-state index is 11.7. The standard InChI is InChI=1S/C13H10N2O3/c16-11-6-10-12-8(2-1-4-14-12)3-5-15(10)7-9(11)13(17)18/h1-2,4,6-7H,3,5H2,(H,17,18). The highest BCUT2D eigenvalue weighted by molar-refractivity contribution is 5.87. The van der Waals surface area contributed by atoms with E-state index in [9.17, 15) is 9.59 Å². The van der Waals surface area contributed by atoms with Crippen LogP contribution in [0, 0.1) is 0 Å². The molecular formula is C13H10N2O3. The Morgan fingerprint density at radius 1 is 1.44 bits per heavy atom. The number of aryl methyl sites for hydroxylation is 2. The fraction of sp³-hybridized carbons (Fsp3) is 0.154. The van der Waals surface area contributed by atoms with Gasteiger partial charge in [-0.15, -0.1) is 0 Å². The van der Waals surface area contributed by atoms with E-state index in [4.69, 9.17) is 5.11 Å². The molecule has 18 heavy (non-hydrogen) atoms. The lowest BCUT2D eigenvalue weighted by molar-refractivity contribution is 0.0694. The van der Waals surface area contributed by atoms with Crippen molar-refractivity contribution < 1.29 is 9.90 Å². The maximum absolute atomic E-state index is 11.7. The Labute approximate surface area is 102 Å². The Morgan fingerprint density at radius 3 is 3.06 bits per heavy atom. The van der Waals surface area contributed by atoms with E-state index in [1.165, 1.54) is 12.3 Å². The van der Waals surface area contributed by atoms with E-state index in [1.807, 2.05) is 12.1 Å². The van der Waals surface area contributed by atoms with Gasteiger partial charge in [-0.2, -0.15) is 0 Å². The fourth-order valence-corrected chi connectivity index (χ4v) is 2.24. The summed E-state index contributed by atoms with van der Waals surface area (Å²) in [5.74, 6) is -1.19. The van der Waals surface area contributed by atoms with Gasteiger partial charge in [0.2, 0.25) is 0 Å². The van der Waals surface area contributed by atoms with Crippen LogP contribution in [0.3, 0.4) is 0 Å². The van der Waals surface area contributed by atoms with Gasteiger partial charge in [-0.1, -0.05) is 6.07 Å². The average molecular weight is 242 g/mol. The van der Waals surface area contributed by atoms with Gasteiger partial charge >= 0.3 is 5.97 Å². The molecule has 0 amide bonds. The molecule has 0 spiro atoms. The number of rotatable bonds is 1. The van der Waals surface area contributed by atoms with Gasteiger partial charge in [0.05, 0.1) is 11.4 Å². The third-order valence-corrected chi connectivity index (χ3v) is 3.11. The summed E-state index contributed by atoms with van der Waals surface area (Å²) in [7, 11) is 0. The van der Waals surface area contributed by atoms with Gasteiger partial charge in [-0.3, -0.25) is 9.78 Å². The summed E-state index contributed by atoms with van der Waals surface area (Å²) < 4.78 is 1.78. The normalized spacial score (nSPS) is 12.7. The van der Waals surface area contributed by atoms with Crippen molar-refractivity contribution in [2.45, 2.75) is 13.0 Å². The lowest BCUT2D eigenvalue weighted by atomic mass is 10.0. The number of hydrogen-bond donors (Lipinski definition) is 1. The molecule has 0 saturated heterocycles. The van der Waals surface area contributed by atoms with Crippen molar-refractivity contribution >= 4 is 5.97 Å². The van der Waals surface area contributed by atoms with Crippen LogP contribution >= 0.6 is 0 Å². The minimum atomic E-state index is -1.19. The number of aromatic nitrogens is 2. The van der Waals surface area contributed by atoms with Crippen LogP contribution < -0.4 is 5.43 Å². The van der Waals surface area contributed by atoms with Crippen LogP contribution in [0.5, 0.6) is 0 Å². The first kappa shape index (κ1) is 10.7. The molecule has 2 aromatic heterocycles. The predicted octanol–water partition coefficient (Wildman–Crippen LogP) is 1.16. The predicted molar refractivity (Wildman–Crippen MR) is 64.6 cm³/mol. The summed E-state index contributed by atoms with van der Waals surface area (Å²) >= 11 is 0. The van der Waals surface area contributed by atoms with Crippen molar-refractivity contribution in [3.63, 3.8) is 0 Å². The number of nitrogens with zero attached hydrogens (tertiary/aromatic N) is 2. The van der Waals surface area contributed by atoms with Crippen LogP contribution in [0.2, 0.25) is 0 Å². The number of carboxylic acids is 1. The highest BCUT2D eigenvalue weighted by Crippen LogP contribution is 2.25. The molecule has 0 bridgehead atoms. The second-order valence-corrected chi connectivity index (χ2v) is 4.20. The zero-order chi connectivity index (χ0) is 12.7. The maximum Gasteiger partial charge on any atom is 0.341 e. The molecule has 3 rings (SSSR count). The van der Waals surface area contributed by atoms with E-state index in [2.05, 4.69) is 4.98 Å². The van der Waals surface area contributed by atoms with Gasteiger partial charge in [-0.05, 0) is 18.1 Å². The molecule has 1 N–H and O–H groups in total. The molecule has 0 aromatic carbocycles. The van der Waals surface area contributed by atoms with E-state index in [0.29, 0.717) is 12.2 Å². The summed E-state index contributed by atoms with van der Waals surface area (Å²) in [5.41, 5.74) is 1.86. The summed E-state index contributed by atoms with van der Waals surface area (Å²) in [4.78, 5) is 26.9. The third-order valence-electron chi connectivity index (χ3n) is 3.11. The molecule has 0 atom stereocenters. The molecule has 1 aliphatic rings. The Hall–Kier alpha value is -2.43. The number of hydrogen-bond acceptors (Lipinski definition) is 3. The Balaban J connectivity index is 2.27. The first-order valence-corrected chi connectivity index (χ1v) is 5.59. The van der Waals surface area contributed by atoms with Crippen LogP contribution in [-0.2, 0) is 13.0 Å². The summed E-state index contributed by atoms with van der Waals surface area (Å²) in [5, 5.41) is 8.93. The van der Waals surface area contributed by atoms with Gasteiger partial charge < -0.3 is 9.67 Å². The lowest BCUT2D eigenvalue weighted by Crippen LogP contribution is -2.22. The number of carboxylic acid groups (broad SMARTS) is 1. The van der Waals surface area contributed by atoms with E-state index >= 15 is 0 Å². The Kier molecular flexibility index (Phi) is 2.26. The lowest BCUT2D eigenvalue weighted by Gasteiger charge is -2.21. The van der Waals surface area contributed by atoms with Crippen LogP contribution in [-0.4, -0.2) is 20.6 Å². The number of aromatic carboxylic acids is 1. The van der Waals surface area contributed by atoms with Crippen LogP contribution in [0.25, 0.3) is 11.4 Å². The summed E-state index contributed by atoms with van der Waals surface area (Å²) in [6.45, 7) is 0.661. The van der Waals surface area contributed by atoms with E-state index in [0.717, 1.165) is 17.7 Å². The molecule has 0 aliphatic carbocycles. The van der Waals surface area contributed by atoms with E-state index in [-0.39, 0.29) is 5.56 Å². The topological polar surface area (TPSA) is 72.2 Å². The minimum Gasteiger partial charge on any atom is -0.477 e. The zero-order valence-corrected chi connectivity index (χ0v) is 9.46. The second-order valence-electron chi connectivity index (χ2n) is 4.20. The molecule has 0 saturated carbocycles. The number of carbonyl (C=O) groups is 1. The number of pyridine rings is 2. The highest BCUT2D eigenvalue weighted by Gasteiger charge is 2.19. The highest BCUT2D eigenvalue weighted by atomic mass is 16.4. The van der Waals surface area contributed by atoms with Crippen LogP contribution in [0.1, 0.15) is 15.9 Å². The van der Waals surface area contributed by atoms with Crippen molar-refractivity contribution in [2.75, 3.05) is 0 Å². The molecule has 0 unspecified atom stereocenters. The molecular weight excluding hydrogens is 232 g/mol. The molecule has 1 aliphatic heterocycles. The zero-order valence-electron chi connectivity index (χ0n) is 9.46. The quantitative estimate of drug-likeness (QED) is 0.814. The van der Waals surface area contributed by atoms with Crippen molar-refractivity contribution in [2.24, 2.45) is 0 Å². The van der Waals surface area contributed by atoms with Crippen molar-refractivity contribution in [3.8, 4) is 11.4 Å². The first-order valence-electron chi connectivity index (χ1n) is 5.59. The minimum absolute atomic E-state index is 0.196. The average Bonchev–Trinajstić information content (AvgIpc) is 2.37. The third kappa shape index (κ3) is 1.52. The largest absolute Gasteiger partial charge is 0.477 e. The fourth-order valence-electron chi connectivity index (χ4n) is 2.24. The van der Waals surface area contributed by atoms with Gasteiger partial charge in [0.1, 0.15) is 5.56 Å². The van der Waals surface area contributed by atoms with Crippen molar-refractivity contribution in [1.29, 1.82) is 0 Å². The Morgan fingerprint density at radius 2 is 2.28 bits per heavy atom.